The topological polar surface area (TPSA) is 148 Å². The van der Waals surface area contributed by atoms with Crippen molar-refractivity contribution in [2.45, 2.75) is 31.3 Å². The number of hydrogen-bond acceptors (Lipinski definition) is 8. The Balaban J connectivity index is 1.77. The average Bonchev–Trinajstić information content (AvgIpc) is 3.08. The predicted molar refractivity (Wildman–Crippen MR) is 124 cm³/mol. The van der Waals surface area contributed by atoms with Gasteiger partial charge in [-0.25, -0.2) is 17.8 Å². The molecule has 1 aromatic rings. The van der Waals surface area contributed by atoms with Crippen LogP contribution in [0.4, 0.5) is 15.8 Å². The Hall–Kier alpha value is -3.13. The smallest absolute Gasteiger partial charge is 0.286 e. The summed E-state index contributed by atoms with van der Waals surface area (Å²) < 4.78 is 68.8. The van der Waals surface area contributed by atoms with Crippen LogP contribution in [0.2, 0.25) is 0 Å². The van der Waals surface area contributed by atoms with Crippen LogP contribution in [0.25, 0.3) is 0 Å². The summed E-state index contributed by atoms with van der Waals surface area (Å²) >= 11 is 0. The number of sulfonamides is 2. The van der Waals surface area contributed by atoms with E-state index in [4.69, 9.17) is 0 Å². The minimum atomic E-state index is -4.37. The molecule has 1 amide bonds. The van der Waals surface area contributed by atoms with Gasteiger partial charge in [0.05, 0.1) is 24.2 Å². The fourth-order valence-corrected chi connectivity index (χ4v) is 5.54. The summed E-state index contributed by atoms with van der Waals surface area (Å²) in [6, 6.07) is 3.75. The SMILES string of the molecule is CC(C)CCN1C(=O)C(C2=NS(=O)(=O)c3cc(NS(C)(=O)=O)ccc3N2)=C(O)C2=CC(F)CN21. The third kappa shape index (κ3) is 4.46. The lowest BCUT2D eigenvalue weighted by atomic mass is 10.1. The number of halogens is 1. The molecule has 3 aliphatic rings. The lowest BCUT2D eigenvalue weighted by Crippen LogP contribution is -2.52. The summed E-state index contributed by atoms with van der Waals surface area (Å²) in [4.78, 5) is 13.0. The first-order valence-electron chi connectivity index (χ1n) is 10.4. The number of aliphatic hydroxyl groups excluding tert-OH is 1. The van der Waals surface area contributed by atoms with Crippen molar-refractivity contribution in [3.63, 3.8) is 0 Å². The van der Waals surface area contributed by atoms with Crippen molar-refractivity contribution < 1.29 is 31.1 Å². The highest BCUT2D eigenvalue weighted by Crippen LogP contribution is 2.36. The second-order valence-electron chi connectivity index (χ2n) is 8.61. The highest BCUT2D eigenvalue weighted by molar-refractivity contribution is 7.92. The van der Waals surface area contributed by atoms with Gasteiger partial charge in [-0.2, -0.15) is 8.42 Å². The molecule has 0 saturated carbocycles. The number of nitrogens with zero attached hydrogens (tertiary/aromatic N) is 3. The van der Waals surface area contributed by atoms with Crippen LogP contribution in [0, 0.1) is 5.92 Å². The molecule has 0 saturated heterocycles. The van der Waals surface area contributed by atoms with Crippen LogP contribution in [-0.2, 0) is 24.8 Å². The third-order valence-electron chi connectivity index (χ3n) is 5.37. The number of nitrogens with one attached hydrogen (secondary N) is 2. The van der Waals surface area contributed by atoms with E-state index >= 15 is 0 Å². The molecule has 3 heterocycles. The lowest BCUT2D eigenvalue weighted by Gasteiger charge is -2.40. The van der Waals surface area contributed by atoms with Crippen molar-refractivity contribution in [1.29, 1.82) is 0 Å². The van der Waals surface area contributed by atoms with Crippen molar-refractivity contribution in [2.24, 2.45) is 10.3 Å². The minimum absolute atomic E-state index is 0.0154. The van der Waals surface area contributed by atoms with E-state index in [0.717, 1.165) is 12.3 Å². The summed E-state index contributed by atoms with van der Waals surface area (Å²) in [5.41, 5.74) is -0.280. The Labute approximate surface area is 196 Å². The fraction of sp³-hybridized carbons (Fsp3) is 0.400. The molecule has 0 aromatic heterocycles. The Kier molecular flexibility index (Phi) is 5.84. The number of carbonyl (C=O) groups is 1. The van der Waals surface area contributed by atoms with Gasteiger partial charge in [-0.15, -0.1) is 4.40 Å². The van der Waals surface area contributed by atoms with Crippen molar-refractivity contribution in [3.8, 4) is 0 Å². The molecular formula is C20H24FN5O6S2. The lowest BCUT2D eigenvalue weighted by molar-refractivity contribution is -0.143. The Morgan fingerprint density at radius 1 is 1.35 bits per heavy atom. The Morgan fingerprint density at radius 2 is 2.06 bits per heavy atom. The first-order valence-corrected chi connectivity index (χ1v) is 13.7. The van der Waals surface area contributed by atoms with E-state index in [1.807, 2.05) is 13.8 Å². The van der Waals surface area contributed by atoms with Crippen molar-refractivity contribution in [2.75, 3.05) is 29.4 Å². The van der Waals surface area contributed by atoms with Gasteiger partial charge >= 0.3 is 0 Å². The monoisotopic (exact) mass is 513 g/mol. The molecule has 3 aliphatic heterocycles. The number of aliphatic hydroxyl groups is 1. The molecule has 3 N–H and O–H groups in total. The molecule has 0 spiro atoms. The number of amides is 1. The second kappa shape index (κ2) is 8.27. The maximum atomic E-state index is 14.2. The quantitative estimate of drug-likeness (QED) is 0.521. The van der Waals surface area contributed by atoms with Crippen LogP contribution in [0.3, 0.4) is 0 Å². The zero-order chi connectivity index (χ0) is 25.0. The summed E-state index contributed by atoms with van der Waals surface area (Å²) in [5, 5.41) is 16.2. The molecule has 11 nitrogen and oxygen atoms in total. The number of hydrazine groups is 1. The Bertz CT molecular complexity index is 1370. The summed E-state index contributed by atoms with van der Waals surface area (Å²) in [5.74, 6) is -1.47. The van der Waals surface area contributed by atoms with Gasteiger partial charge in [0.25, 0.3) is 15.9 Å². The van der Waals surface area contributed by atoms with Crippen LogP contribution in [0.15, 0.2) is 50.6 Å². The number of benzene rings is 1. The number of carbonyl (C=O) groups excluding carboxylic acids is 1. The maximum Gasteiger partial charge on any atom is 0.286 e. The molecule has 1 aromatic carbocycles. The predicted octanol–water partition coefficient (Wildman–Crippen LogP) is 1.72. The summed E-state index contributed by atoms with van der Waals surface area (Å²) in [7, 11) is -8.02. The van der Waals surface area contributed by atoms with Crippen molar-refractivity contribution in [3.05, 3.63) is 41.3 Å². The first kappa shape index (κ1) is 24.0. The minimum Gasteiger partial charge on any atom is -0.505 e. The van der Waals surface area contributed by atoms with Gasteiger partial charge in [-0.3, -0.25) is 14.5 Å². The van der Waals surface area contributed by atoms with Gasteiger partial charge in [-0.1, -0.05) is 13.8 Å². The highest BCUT2D eigenvalue weighted by Gasteiger charge is 2.43. The van der Waals surface area contributed by atoms with Crippen molar-refractivity contribution >= 4 is 43.2 Å². The second-order valence-corrected chi connectivity index (χ2v) is 11.9. The van der Waals surface area contributed by atoms with Crippen LogP contribution in [0.5, 0.6) is 0 Å². The van der Waals surface area contributed by atoms with Gasteiger partial charge in [0.1, 0.15) is 16.6 Å². The number of rotatable bonds is 6. The van der Waals surface area contributed by atoms with Gasteiger partial charge in [0.15, 0.2) is 11.6 Å². The number of alkyl halides is 1. The van der Waals surface area contributed by atoms with Crippen LogP contribution < -0.4 is 10.0 Å². The van der Waals surface area contributed by atoms with Gasteiger partial charge in [0, 0.05) is 12.2 Å². The van der Waals surface area contributed by atoms with Crippen LogP contribution >= 0.6 is 0 Å². The zero-order valence-electron chi connectivity index (χ0n) is 18.6. The van der Waals surface area contributed by atoms with E-state index in [1.54, 1.807) is 0 Å². The van der Waals surface area contributed by atoms with Crippen LogP contribution in [-0.4, -0.2) is 69.2 Å². The van der Waals surface area contributed by atoms with Gasteiger partial charge in [-0.05, 0) is 36.6 Å². The molecule has 0 radical (unpaired) electrons. The molecule has 4 rings (SSSR count). The van der Waals surface area contributed by atoms with E-state index in [-0.39, 0.29) is 41.0 Å². The average molecular weight is 514 g/mol. The number of fused-ring (bicyclic) bond motifs is 2. The van der Waals surface area contributed by atoms with Crippen molar-refractivity contribution in [1.82, 2.24) is 10.0 Å². The number of hydrogen-bond donors (Lipinski definition) is 3. The third-order valence-corrected chi connectivity index (χ3v) is 7.29. The molecule has 1 atom stereocenters. The van der Waals surface area contributed by atoms with Gasteiger partial charge in [0.2, 0.25) is 10.0 Å². The maximum absolute atomic E-state index is 14.2. The molecule has 0 bridgehead atoms. The molecule has 1 unspecified atom stereocenters. The Morgan fingerprint density at radius 3 is 2.71 bits per heavy atom. The molecule has 184 valence electrons. The van der Waals surface area contributed by atoms with E-state index < -0.39 is 49.3 Å². The highest BCUT2D eigenvalue weighted by atomic mass is 32.2. The number of amidine groups is 1. The largest absolute Gasteiger partial charge is 0.505 e. The van der Waals surface area contributed by atoms with Gasteiger partial charge < -0.3 is 10.4 Å². The van der Waals surface area contributed by atoms with E-state index in [1.165, 1.54) is 28.2 Å². The first-order chi connectivity index (χ1) is 15.8. The fourth-order valence-electron chi connectivity index (χ4n) is 3.83. The summed E-state index contributed by atoms with van der Waals surface area (Å²) in [6.45, 7) is 4.01. The van der Waals surface area contributed by atoms with E-state index in [2.05, 4.69) is 14.4 Å². The molecule has 34 heavy (non-hydrogen) atoms. The summed E-state index contributed by atoms with van der Waals surface area (Å²) in [6.07, 6.45) is 1.27. The van der Waals surface area contributed by atoms with E-state index in [9.17, 15) is 31.1 Å². The molecule has 0 fully saturated rings. The number of anilines is 2. The van der Waals surface area contributed by atoms with Crippen LogP contribution in [0.1, 0.15) is 20.3 Å². The van der Waals surface area contributed by atoms with E-state index in [0.29, 0.717) is 6.42 Å². The zero-order valence-corrected chi connectivity index (χ0v) is 20.2. The molecule has 0 aliphatic carbocycles. The standard InChI is InChI=1S/C20H24FN5O6S2/c1-11(2)6-7-25-20(28)17(18(27)15-8-12(21)10-26(15)25)19-22-14-5-4-13(23-33(3,29)30)9-16(14)34(31,32)24-19/h4-5,8-9,11-12,23,27H,6-7,10H2,1-3H3,(H,22,24). The molecule has 14 heteroatoms. The molecular weight excluding hydrogens is 489 g/mol. The normalized spacial score (nSPS) is 21.7.